The zero-order chi connectivity index (χ0) is 67.0. The minimum Gasteiger partial charge on any atom is -0.462 e. The van der Waals surface area contributed by atoms with Crippen LogP contribution in [0, 0.1) is 5.92 Å². The lowest BCUT2D eigenvalue weighted by Crippen LogP contribution is -2.30. The van der Waals surface area contributed by atoms with Gasteiger partial charge in [0, 0.05) is 25.7 Å². The molecule has 0 amide bonds. The Morgan fingerprint density at radius 1 is 0.341 bits per heavy atom. The third-order valence-corrected chi connectivity index (χ3v) is 18.1. The SMILES string of the molecule is CCCCCC/C=C\C=C/CCCCCCCC(=O)O[C@H](COC(=O)CCCCCCCCCCCCCCC(C)C)COP(=O)(O)OC[C@@H](O)COP(=O)(O)OC[C@@H](COC(=O)CCCCCCCCCC)OC(=O)CCCCCCCCCCCCCCC. The van der Waals surface area contributed by atoms with E-state index >= 15 is 0 Å². The fraction of sp³-hybridized carbons (Fsp3) is 0.889. The van der Waals surface area contributed by atoms with E-state index in [2.05, 4.69) is 58.9 Å². The van der Waals surface area contributed by atoms with Crippen LogP contribution in [-0.2, 0) is 65.4 Å². The molecule has 0 aromatic rings. The molecule has 0 aliphatic carbocycles. The van der Waals surface area contributed by atoms with Gasteiger partial charge in [0.25, 0.3) is 0 Å². The molecule has 0 rings (SSSR count). The quantitative estimate of drug-likeness (QED) is 0.0169. The fourth-order valence-corrected chi connectivity index (χ4v) is 12.0. The Bertz CT molecular complexity index is 1850. The van der Waals surface area contributed by atoms with Crippen molar-refractivity contribution in [3.8, 4) is 0 Å². The van der Waals surface area contributed by atoms with Gasteiger partial charge in [-0.3, -0.25) is 37.3 Å². The van der Waals surface area contributed by atoms with Crippen LogP contribution < -0.4 is 0 Å². The number of allylic oxidation sites excluding steroid dienone is 4. The van der Waals surface area contributed by atoms with Crippen molar-refractivity contribution in [2.75, 3.05) is 39.6 Å². The van der Waals surface area contributed by atoms with Crippen LogP contribution in [0.25, 0.3) is 0 Å². The van der Waals surface area contributed by atoms with Crippen molar-refractivity contribution < 1.29 is 80.2 Å². The van der Waals surface area contributed by atoms with Crippen LogP contribution in [-0.4, -0.2) is 96.7 Å². The molecule has 0 saturated heterocycles. The number of aliphatic hydroxyl groups is 1. The van der Waals surface area contributed by atoms with Crippen LogP contribution in [0.4, 0.5) is 0 Å². The predicted octanol–water partition coefficient (Wildman–Crippen LogP) is 20.5. The van der Waals surface area contributed by atoms with Crippen LogP contribution in [0.5, 0.6) is 0 Å². The van der Waals surface area contributed by atoms with Crippen molar-refractivity contribution in [3.63, 3.8) is 0 Å². The number of carbonyl (C=O) groups excluding carboxylic acids is 4. The van der Waals surface area contributed by atoms with Crippen molar-refractivity contribution in [2.24, 2.45) is 5.92 Å². The lowest BCUT2D eigenvalue weighted by Gasteiger charge is -2.21. The van der Waals surface area contributed by atoms with E-state index < -0.39 is 97.5 Å². The summed E-state index contributed by atoms with van der Waals surface area (Å²) in [6.07, 6.45) is 54.8. The van der Waals surface area contributed by atoms with Gasteiger partial charge in [-0.25, -0.2) is 9.13 Å². The summed E-state index contributed by atoms with van der Waals surface area (Å²) in [5, 5.41) is 10.6. The van der Waals surface area contributed by atoms with Gasteiger partial charge < -0.3 is 33.8 Å². The third-order valence-electron chi connectivity index (χ3n) is 16.2. The Hall–Kier alpha value is -2.46. The number of ether oxygens (including phenoxy) is 4. The zero-order valence-corrected chi connectivity index (χ0v) is 60.3. The van der Waals surface area contributed by atoms with Crippen LogP contribution in [0.1, 0.15) is 349 Å². The Labute approximate surface area is 554 Å². The molecule has 536 valence electrons. The van der Waals surface area contributed by atoms with E-state index in [0.717, 1.165) is 115 Å². The molecule has 91 heavy (non-hydrogen) atoms. The standard InChI is InChI=1S/C72H136O17P2/c1-6-9-12-15-18-21-23-25-26-28-34-38-43-48-53-58-72(77)89-68(62-83-70(75)56-51-46-41-36-32-30-29-31-35-39-44-49-54-65(4)5)64-87-91(80,81)85-60-66(73)59-84-90(78,79)86-63-67(61-82-69(74)55-50-45-40-20-17-14-11-8-3)88-71(76)57-52-47-42-37-33-27-24-22-19-16-13-10-7-2/h21,23,25-26,65-68,73H,6-20,22,24,27-64H2,1-5H3,(H,78,79)(H,80,81)/b23-21-,26-25-/t66-,67+,68+/m0/s1. The first-order chi connectivity index (χ1) is 44.0. The second-order valence-electron chi connectivity index (χ2n) is 25.8. The maximum Gasteiger partial charge on any atom is 0.472 e. The molecule has 2 unspecified atom stereocenters. The minimum absolute atomic E-state index is 0.0853. The van der Waals surface area contributed by atoms with Gasteiger partial charge in [-0.05, 0) is 57.3 Å². The molecule has 0 radical (unpaired) electrons. The van der Waals surface area contributed by atoms with Gasteiger partial charge in [0.15, 0.2) is 12.2 Å². The molecule has 0 aliphatic rings. The maximum atomic E-state index is 13.0. The molecule has 17 nitrogen and oxygen atoms in total. The lowest BCUT2D eigenvalue weighted by atomic mass is 10.0. The Morgan fingerprint density at radius 2 is 0.593 bits per heavy atom. The summed E-state index contributed by atoms with van der Waals surface area (Å²) in [6, 6.07) is 0. The Morgan fingerprint density at radius 3 is 0.901 bits per heavy atom. The van der Waals surface area contributed by atoms with Gasteiger partial charge in [-0.1, -0.05) is 296 Å². The molecule has 19 heteroatoms. The van der Waals surface area contributed by atoms with E-state index in [9.17, 15) is 43.2 Å². The summed E-state index contributed by atoms with van der Waals surface area (Å²) in [5.41, 5.74) is 0. The molecule has 0 saturated carbocycles. The average molecular weight is 1340 g/mol. The molecule has 0 aromatic heterocycles. The molecular weight excluding hydrogens is 1200 g/mol. The number of esters is 4. The van der Waals surface area contributed by atoms with E-state index in [0.29, 0.717) is 25.7 Å². The Kier molecular flexibility index (Phi) is 63.1. The van der Waals surface area contributed by atoms with E-state index in [-0.39, 0.29) is 25.7 Å². The number of aliphatic hydroxyl groups excluding tert-OH is 1. The van der Waals surface area contributed by atoms with E-state index in [4.69, 9.17) is 37.0 Å². The largest absolute Gasteiger partial charge is 0.472 e. The van der Waals surface area contributed by atoms with Crippen molar-refractivity contribution in [3.05, 3.63) is 24.3 Å². The van der Waals surface area contributed by atoms with Gasteiger partial charge in [-0.2, -0.15) is 0 Å². The molecule has 0 aliphatic heterocycles. The highest BCUT2D eigenvalue weighted by Crippen LogP contribution is 2.45. The smallest absolute Gasteiger partial charge is 0.462 e. The van der Waals surface area contributed by atoms with Crippen LogP contribution in [0.3, 0.4) is 0 Å². The summed E-state index contributed by atoms with van der Waals surface area (Å²) in [4.78, 5) is 72.5. The highest BCUT2D eigenvalue weighted by molar-refractivity contribution is 7.47. The first kappa shape index (κ1) is 88.5. The minimum atomic E-state index is -4.96. The number of unbranched alkanes of at least 4 members (excludes halogenated alkanes) is 39. The monoisotopic (exact) mass is 1330 g/mol. The number of phosphoric ester groups is 2. The summed E-state index contributed by atoms with van der Waals surface area (Å²) in [5.74, 6) is -1.37. The Balaban J connectivity index is 5.26. The number of rotatable bonds is 70. The van der Waals surface area contributed by atoms with E-state index in [1.165, 1.54) is 154 Å². The molecule has 0 spiro atoms. The molecule has 0 fully saturated rings. The second kappa shape index (κ2) is 64.9. The fourth-order valence-electron chi connectivity index (χ4n) is 10.5. The molecule has 0 heterocycles. The summed E-state index contributed by atoms with van der Waals surface area (Å²) in [6.45, 7) is 7.18. The lowest BCUT2D eigenvalue weighted by molar-refractivity contribution is -0.161. The van der Waals surface area contributed by atoms with Crippen molar-refractivity contribution in [1.29, 1.82) is 0 Å². The highest BCUT2D eigenvalue weighted by Gasteiger charge is 2.30. The number of hydrogen-bond acceptors (Lipinski definition) is 15. The molecule has 0 bridgehead atoms. The molecular formula is C72H136O17P2. The molecule has 5 atom stereocenters. The van der Waals surface area contributed by atoms with E-state index in [1.807, 2.05) is 0 Å². The van der Waals surface area contributed by atoms with Gasteiger partial charge >= 0.3 is 39.5 Å². The zero-order valence-electron chi connectivity index (χ0n) is 58.5. The number of phosphoric acid groups is 2. The first-order valence-electron chi connectivity index (χ1n) is 37.0. The average Bonchev–Trinajstić information content (AvgIpc) is 2.24. The van der Waals surface area contributed by atoms with Crippen molar-refractivity contribution >= 4 is 39.5 Å². The summed E-state index contributed by atoms with van der Waals surface area (Å²) in [7, 11) is -9.91. The van der Waals surface area contributed by atoms with Crippen molar-refractivity contribution in [2.45, 2.75) is 368 Å². The number of hydrogen-bond donors (Lipinski definition) is 3. The van der Waals surface area contributed by atoms with Crippen LogP contribution in [0.2, 0.25) is 0 Å². The number of carbonyl (C=O) groups is 4. The second-order valence-corrected chi connectivity index (χ2v) is 28.7. The van der Waals surface area contributed by atoms with Crippen LogP contribution >= 0.6 is 15.6 Å². The van der Waals surface area contributed by atoms with Crippen molar-refractivity contribution in [1.82, 2.24) is 0 Å². The maximum absolute atomic E-state index is 13.0. The van der Waals surface area contributed by atoms with Gasteiger partial charge in [-0.15, -0.1) is 0 Å². The predicted molar refractivity (Wildman–Crippen MR) is 368 cm³/mol. The van der Waals surface area contributed by atoms with Gasteiger partial charge in [0.2, 0.25) is 0 Å². The topological polar surface area (TPSA) is 237 Å². The molecule has 0 aromatic carbocycles. The third kappa shape index (κ3) is 66.0. The summed E-state index contributed by atoms with van der Waals surface area (Å²) >= 11 is 0. The normalized spacial score (nSPS) is 14.2. The van der Waals surface area contributed by atoms with Crippen LogP contribution in [0.15, 0.2) is 24.3 Å². The first-order valence-corrected chi connectivity index (χ1v) is 39.9. The summed E-state index contributed by atoms with van der Waals surface area (Å²) < 4.78 is 68.3. The van der Waals surface area contributed by atoms with Gasteiger partial charge in [0.1, 0.15) is 19.3 Å². The highest BCUT2D eigenvalue weighted by atomic mass is 31.2. The van der Waals surface area contributed by atoms with Gasteiger partial charge in [0.05, 0.1) is 26.4 Å². The van der Waals surface area contributed by atoms with E-state index in [1.54, 1.807) is 0 Å². The molecule has 3 N–H and O–H groups in total.